The molecule has 0 unspecified atom stereocenters. The highest BCUT2D eigenvalue weighted by Crippen LogP contribution is 2.18. The first-order chi connectivity index (χ1) is 10.4. The summed E-state index contributed by atoms with van der Waals surface area (Å²) in [5, 5.41) is 6.28. The first-order valence-electron chi connectivity index (χ1n) is 6.46. The van der Waals surface area contributed by atoms with E-state index in [1.165, 1.54) is 35.6 Å². The number of nitrogens with zero attached hydrogens (tertiary/aromatic N) is 1. The molecule has 8 heteroatoms. The highest BCUT2D eigenvalue weighted by molar-refractivity contribution is 7.11. The maximum atomic E-state index is 12.0. The van der Waals surface area contributed by atoms with Crippen LogP contribution in [-0.2, 0) is 6.54 Å². The van der Waals surface area contributed by atoms with Crippen LogP contribution in [0.4, 0.5) is 19.3 Å². The Kier molecular flexibility index (Phi) is 5.26. The van der Waals surface area contributed by atoms with Crippen molar-refractivity contribution in [1.29, 1.82) is 0 Å². The number of carbonyl (C=O) groups is 1. The first kappa shape index (κ1) is 16.2. The van der Waals surface area contributed by atoms with Crippen LogP contribution < -0.4 is 15.4 Å². The van der Waals surface area contributed by atoms with Crippen LogP contribution in [0.3, 0.4) is 0 Å². The van der Waals surface area contributed by atoms with Gasteiger partial charge in [-0.05, 0) is 38.1 Å². The highest BCUT2D eigenvalue weighted by atomic mass is 32.1. The van der Waals surface area contributed by atoms with Gasteiger partial charge >= 0.3 is 12.6 Å². The molecule has 0 aliphatic heterocycles. The Morgan fingerprint density at radius 2 is 2.00 bits per heavy atom. The Balaban J connectivity index is 1.85. The lowest BCUT2D eigenvalue weighted by molar-refractivity contribution is -0.0498. The van der Waals surface area contributed by atoms with Gasteiger partial charge in [-0.25, -0.2) is 9.78 Å². The molecule has 0 aliphatic carbocycles. The zero-order valence-electron chi connectivity index (χ0n) is 12.0. The fraction of sp³-hybridized carbons (Fsp3) is 0.286. The number of rotatable bonds is 5. The average molecular weight is 327 g/mol. The fourth-order valence-electron chi connectivity index (χ4n) is 1.79. The first-order valence-corrected chi connectivity index (χ1v) is 7.28. The molecule has 2 amide bonds. The second kappa shape index (κ2) is 7.17. The summed E-state index contributed by atoms with van der Waals surface area (Å²) in [4.78, 5) is 17.0. The summed E-state index contributed by atoms with van der Waals surface area (Å²) in [6, 6.07) is 5.31. The monoisotopic (exact) mass is 327 g/mol. The number of hydrogen-bond acceptors (Lipinski definition) is 4. The Morgan fingerprint density at radius 1 is 1.32 bits per heavy atom. The number of hydrogen-bond donors (Lipinski definition) is 2. The molecule has 0 atom stereocenters. The molecular weight excluding hydrogens is 312 g/mol. The molecule has 1 heterocycles. The number of ether oxygens (including phenoxy) is 1. The number of aromatic nitrogens is 1. The van der Waals surface area contributed by atoms with Crippen LogP contribution in [0.1, 0.15) is 15.6 Å². The van der Waals surface area contributed by atoms with E-state index in [-0.39, 0.29) is 11.8 Å². The molecule has 2 rings (SSSR count). The number of halogens is 2. The number of benzene rings is 1. The van der Waals surface area contributed by atoms with Crippen molar-refractivity contribution in [1.82, 2.24) is 10.3 Å². The van der Waals surface area contributed by atoms with Crippen molar-refractivity contribution in [2.45, 2.75) is 27.0 Å². The van der Waals surface area contributed by atoms with Gasteiger partial charge in [-0.3, -0.25) is 0 Å². The van der Waals surface area contributed by atoms with E-state index in [4.69, 9.17) is 0 Å². The number of anilines is 1. The van der Waals surface area contributed by atoms with Gasteiger partial charge in [0.2, 0.25) is 0 Å². The minimum absolute atomic E-state index is 0.0386. The molecule has 0 bridgehead atoms. The van der Waals surface area contributed by atoms with Crippen LogP contribution >= 0.6 is 11.3 Å². The smallest absolute Gasteiger partial charge is 0.387 e. The van der Waals surface area contributed by atoms with E-state index >= 15 is 0 Å². The third kappa shape index (κ3) is 4.66. The third-order valence-corrected chi connectivity index (χ3v) is 3.82. The molecule has 0 radical (unpaired) electrons. The van der Waals surface area contributed by atoms with Crippen molar-refractivity contribution in [3.05, 3.63) is 39.8 Å². The van der Waals surface area contributed by atoms with Gasteiger partial charge in [0.25, 0.3) is 0 Å². The van der Waals surface area contributed by atoms with Crippen molar-refractivity contribution in [3.63, 3.8) is 0 Å². The molecule has 0 fully saturated rings. The van der Waals surface area contributed by atoms with Crippen LogP contribution in [0.15, 0.2) is 24.3 Å². The number of alkyl halides is 2. The summed E-state index contributed by atoms with van der Waals surface area (Å²) in [5.41, 5.74) is 1.38. The topological polar surface area (TPSA) is 63.2 Å². The summed E-state index contributed by atoms with van der Waals surface area (Å²) >= 11 is 1.53. The van der Waals surface area contributed by atoms with Crippen molar-refractivity contribution in [2.24, 2.45) is 0 Å². The van der Waals surface area contributed by atoms with Crippen molar-refractivity contribution >= 4 is 23.1 Å². The maximum Gasteiger partial charge on any atom is 0.387 e. The van der Waals surface area contributed by atoms with Crippen LogP contribution in [0, 0.1) is 13.8 Å². The Bertz CT molecular complexity index is 644. The quantitative estimate of drug-likeness (QED) is 0.880. The van der Waals surface area contributed by atoms with Gasteiger partial charge < -0.3 is 15.4 Å². The predicted molar refractivity (Wildman–Crippen MR) is 80.5 cm³/mol. The van der Waals surface area contributed by atoms with E-state index in [0.717, 1.165) is 15.6 Å². The number of amides is 2. The van der Waals surface area contributed by atoms with Crippen molar-refractivity contribution < 1.29 is 18.3 Å². The lowest BCUT2D eigenvalue weighted by atomic mass is 10.3. The fourth-order valence-corrected chi connectivity index (χ4v) is 2.67. The molecule has 1 aromatic carbocycles. The molecule has 0 aliphatic rings. The standard InChI is InChI=1S/C14H15F2N3O2S/c1-8-12(22-9(2)18-8)7-17-14(20)19-10-3-5-11(6-4-10)21-13(15)16/h3-6,13H,7H2,1-2H3,(H2,17,19,20). The van der Waals surface area contributed by atoms with E-state index in [9.17, 15) is 13.6 Å². The number of carbonyl (C=O) groups excluding carboxylic acids is 1. The second-order valence-corrected chi connectivity index (χ2v) is 5.74. The molecule has 0 spiro atoms. The Morgan fingerprint density at radius 3 is 2.55 bits per heavy atom. The maximum absolute atomic E-state index is 12.0. The molecule has 0 saturated heterocycles. The normalized spacial score (nSPS) is 10.6. The molecule has 0 saturated carbocycles. The largest absolute Gasteiger partial charge is 0.435 e. The molecule has 1 aromatic heterocycles. The molecule has 5 nitrogen and oxygen atoms in total. The van der Waals surface area contributed by atoms with Crippen LogP contribution in [0.5, 0.6) is 5.75 Å². The SMILES string of the molecule is Cc1nc(C)c(CNC(=O)Nc2ccc(OC(F)F)cc2)s1. The van der Waals surface area contributed by atoms with Gasteiger partial charge in [-0.15, -0.1) is 11.3 Å². The van der Waals surface area contributed by atoms with Gasteiger partial charge in [-0.2, -0.15) is 8.78 Å². The van der Waals surface area contributed by atoms with Gasteiger partial charge in [-0.1, -0.05) is 0 Å². The Labute approximate surface area is 130 Å². The average Bonchev–Trinajstić information content (AvgIpc) is 2.76. The van der Waals surface area contributed by atoms with Gasteiger partial charge in [0.05, 0.1) is 17.2 Å². The van der Waals surface area contributed by atoms with Crippen molar-refractivity contribution in [2.75, 3.05) is 5.32 Å². The van der Waals surface area contributed by atoms with E-state index in [1.807, 2.05) is 13.8 Å². The van der Waals surface area contributed by atoms with E-state index < -0.39 is 6.61 Å². The minimum Gasteiger partial charge on any atom is -0.435 e. The zero-order valence-corrected chi connectivity index (χ0v) is 12.8. The number of thiazole rings is 1. The van der Waals surface area contributed by atoms with E-state index in [0.29, 0.717) is 12.2 Å². The summed E-state index contributed by atoms with van der Waals surface area (Å²) in [5.74, 6) is 0.0386. The lowest BCUT2D eigenvalue weighted by Gasteiger charge is -2.08. The number of urea groups is 1. The van der Waals surface area contributed by atoms with Crippen LogP contribution in [0.2, 0.25) is 0 Å². The molecule has 118 valence electrons. The predicted octanol–water partition coefficient (Wildman–Crippen LogP) is 3.68. The Hall–Kier alpha value is -2.22. The van der Waals surface area contributed by atoms with Gasteiger partial charge in [0, 0.05) is 10.6 Å². The highest BCUT2D eigenvalue weighted by Gasteiger charge is 2.08. The summed E-state index contributed by atoms with van der Waals surface area (Å²) in [6.07, 6.45) is 0. The van der Waals surface area contributed by atoms with Gasteiger partial charge in [0.1, 0.15) is 5.75 Å². The van der Waals surface area contributed by atoms with E-state index in [2.05, 4.69) is 20.4 Å². The third-order valence-electron chi connectivity index (χ3n) is 2.75. The summed E-state index contributed by atoms with van der Waals surface area (Å²) < 4.78 is 28.3. The lowest BCUT2D eigenvalue weighted by Crippen LogP contribution is -2.28. The van der Waals surface area contributed by atoms with E-state index in [1.54, 1.807) is 0 Å². The van der Waals surface area contributed by atoms with Crippen molar-refractivity contribution in [3.8, 4) is 5.75 Å². The molecule has 22 heavy (non-hydrogen) atoms. The number of aryl methyl sites for hydroxylation is 2. The molecular formula is C14H15F2N3O2S. The number of nitrogens with one attached hydrogen (secondary N) is 2. The zero-order chi connectivity index (χ0) is 16.1. The van der Waals surface area contributed by atoms with Gasteiger partial charge in [0.15, 0.2) is 0 Å². The van der Waals surface area contributed by atoms with Crippen LogP contribution in [-0.4, -0.2) is 17.6 Å². The molecule has 2 aromatic rings. The second-order valence-electron chi connectivity index (χ2n) is 4.45. The summed E-state index contributed by atoms with van der Waals surface area (Å²) in [7, 11) is 0. The van der Waals surface area contributed by atoms with Crippen LogP contribution in [0.25, 0.3) is 0 Å². The molecule has 2 N–H and O–H groups in total. The summed E-state index contributed by atoms with van der Waals surface area (Å²) in [6.45, 7) is 1.31. The minimum atomic E-state index is -2.87.